The van der Waals surface area contributed by atoms with E-state index in [0.717, 1.165) is 27.8 Å². The fourth-order valence-corrected chi connectivity index (χ4v) is 3.19. The Kier molecular flexibility index (Phi) is 3.35. The summed E-state index contributed by atoms with van der Waals surface area (Å²) < 4.78 is 1.37. The van der Waals surface area contributed by atoms with Crippen LogP contribution in [0.15, 0.2) is 71.5 Å². The third-order valence-corrected chi connectivity index (χ3v) is 4.38. The van der Waals surface area contributed by atoms with Crippen LogP contribution in [-0.4, -0.2) is 11.8 Å². The van der Waals surface area contributed by atoms with Crippen LogP contribution in [0.4, 0.5) is 0 Å². The van der Waals surface area contributed by atoms with Crippen molar-refractivity contribution in [2.75, 3.05) is 7.11 Å². The zero-order chi connectivity index (χ0) is 16.7. The Morgan fingerprint density at radius 3 is 2.38 bits per heavy atom. The first-order valence-electron chi connectivity index (χ1n) is 7.88. The van der Waals surface area contributed by atoms with Crippen molar-refractivity contribution in [1.82, 2.24) is 4.73 Å². The molecule has 0 spiro atoms. The van der Waals surface area contributed by atoms with Gasteiger partial charge in [0.15, 0.2) is 0 Å². The van der Waals surface area contributed by atoms with Crippen molar-refractivity contribution in [3.63, 3.8) is 0 Å². The summed E-state index contributed by atoms with van der Waals surface area (Å²) in [5.74, 6) is 0. The third kappa shape index (κ3) is 2.17. The smallest absolute Gasteiger partial charge is 0.292 e. The minimum Gasteiger partial charge on any atom is -0.413 e. The lowest BCUT2D eigenvalue weighted by molar-refractivity contribution is 0.163. The lowest BCUT2D eigenvalue weighted by Crippen LogP contribution is -2.26. The van der Waals surface area contributed by atoms with E-state index in [1.807, 2.05) is 67.6 Å². The fourth-order valence-electron chi connectivity index (χ4n) is 3.19. The van der Waals surface area contributed by atoms with Crippen molar-refractivity contribution in [3.8, 4) is 22.4 Å². The highest BCUT2D eigenvalue weighted by atomic mass is 16.6. The summed E-state index contributed by atoms with van der Waals surface area (Å²) in [4.78, 5) is 18.5. The van der Waals surface area contributed by atoms with Gasteiger partial charge in [0.25, 0.3) is 5.56 Å². The van der Waals surface area contributed by atoms with Crippen molar-refractivity contribution < 1.29 is 4.84 Å². The van der Waals surface area contributed by atoms with E-state index in [2.05, 4.69) is 6.07 Å². The molecule has 1 aromatic heterocycles. The Bertz CT molecular complexity index is 1060. The molecule has 2 aliphatic rings. The van der Waals surface area contributed by atoms with Crippen LogP contribution in [-0.2, 0) is 0 Å². The van der Waals surface area contributed by atoms with Gasteiger partial charge in [-0.15, -0.1) is 4.73 Å². The second-order valence-electron chi connectivity index (χ2n) is 5.93. The van der Waals surface area contributed by atoms with Crippen LogP contribution >= 0.6 is 0 Å². The number of aromatic nitrogens is 1. The van der Waals surface area contributed by atoms with Crippen LogP contribution in [0.5, 0.6) is 0 Å². The van der Waals surface area contributed by atoms with E-state index in [0.29, 0.717) is 5.39 Å². The topological polar surface area (TPSA) is 31.2 Å². The van der Waals surface area contributed by atoms with E-state index >= 15 is 0 Å². The molecule has 0 fully saturated rings. The van der Waals surface area contributed by atoms with Gasteiger partial charge in [0.2, 0.25) is 0 Å². The lowest BCUT2D eigenvalue weighted by Gasteiger charge is -2.12. The van der Waals surface area contributed by atoms with Crippen LogP contribution in [0.1, 0.15) is 5.56 Å². The molecule has 0 unspecified atom stereocenters. The molecule has 0 bridgehead atoms. The molecule has 1 heterocycles. The minimum atomic E-state index is -0.133. The molecule has 0 radical (unpaired) electrons. The number of benzene rings is 1. The first-order chi connectivity index (χ1) is 11.7. The van der Waals surface area contributed by atoms with E-state index in [1.165, 1.54) is 17.4 Å². The Hall–Kier alpha value is -3.07. The number of hydrogen-bond donors (Lipinski definition) is 0. The normalized spacial score (nSPS) is 11.1. The summed E-state index contributed by atoms with van der Waals surface area (Å²) in [7, 11) is 1.52. The second-order valence-corrected chi connectivity index (χ2v) is 5.93. The van der Waals surface area contributed by atoms with Crippen LogP contribution in [0.3, 0.4) is 0 Å². The summed E-state index contributed by atoms with van der Waals surface area (Å²) in [6.07, 6.45) is 0. The Labute approximate surface area is 140 Å². The van der Waals surface area contributed by atoms with Gasteiger partial charge in [0.1, 0.15) is 7.11 Å². The average Bonchev–Trinajstić information content (AvgIpc) is 2.77. The Morgan fingerprint density at radius 1 is 0.875 bits per heavy atom. The van der Waals surface area contributed by atoms with Crippen LogP contribution in [0.2, 0.25) is 0 Å². The summed E-state index contributed by atoms with van der Waals surface area (Å²) in [6, 6.07) is 22.1. The predicted octanol–water partition coefficient (Wildman–Crippen LogP) is 4.14. The number of rotatable bonds is 2. The monoisotopic (exact) mass is 315 g/mol. The Morgan fingerprint density at radius 2 is 1.62 bits per heavy atom. The predicted molar refractivity (Wildman–Crippen MR) is 97.5 cm³/mol. The van der Waals surface area contributed by atoms with Gasteiger partial charge in [-0.3, -0.25) is 4.79 Å². The molecule has 0 saturated carbocycles. The SMILES string of the molecule is COn1c(-c2ccc(C)cc2)cc2cc3cccccc-3c2c1=O. The quantitative estimate of drug-likeness (QED) is 0.557. The van der Waals surface area contributed by atoms with Crippen molar-refractivity contribution in [2.45, 2.75) is 6.92 Å². The number of fused-ring (bicyclic) bond motifs is 3. The molecule has 0 saturated heterocycles. The standard InChI is InChI=1S/C21H17NO2/c1-14-8-10-15(11-9-14)19-13-17-12-16-6-4-3-5-7-18(16)20(17)21(23)22(19)24-2/h3-13H,1-2H3. The van der Waals surface area contributed by atoms with Crippen LogP contribution in [0.25, 0.3) is 33.2 Å². The molecule has 3 heteroatoms. The maximum absolute atomic E-state index is 13.0. The second kappa shape index (κ2) is 5.53. The van der Waals surface area contributed by atoms with Gasteiger partial charge in [-0.2, -0.15) is 0 Å². The van der Waals surface area contributed by atoms with Crippen molar-refractivity contribution in [1.29, 1.82) is 0 Å². The molecule has 24 heavy (non-hydrogen) atoms. The number of aryl methyl sites for hydroxylation is 1. The van der Waals surface area contributed by atoms with Crippen molar-refractivity contribution in [2.24, 2.45) is 0 Å². The number of pyridine rings is 1. The fraction of sp³-hybridized carbons (Fsp3) is 0.0952. The summed E-state index contributed by atoms with van der Waals surface area (Å²) >= 11 is 0. The summed E-state index contributed by atoms with van der Waals surface area (Å²) in [6.45, 7) is 2.04. The van der Waals surface area contributed by atoms with Gasteiger partial charge in [-0.05, 0) is 35.6 Å². The molecule has 118 valence electrons. The summed E-state index contributed by atoms with van der Waals surface area (Å²) in [5, 5.41) is 1.63. The lowest BCUT2D eigenvalue weighted by atomic mass is 10.1. The maximum atomic E-state index is 13.0. The molecule has 0 atom stereocenters. The highest BCUT2D eigenvalue weighted by Gasteiger charge is 2.17. The minimum absolute atomic E-state index is 0.133. The van der Waals surface area contributed by atoms with E-state index < -0.39 is 0 Å². The van der Waals surface area contributed by atoms with Gasteiger partial charge in [-0.1, -0.05) is 60.2 Å². The first-order valence-corrected chi connectivity index (χ1v) is 7.88. The molecule has 0 aliphatic heterocycles. The Balaban J connectivity index is 2.09. The molecule has 1 aromatic carbocycles. The number of nitrogens with zero attached hydrogens (tertiary/aromatic N) is 1. The molecular weight excluding hydrogens is 298 g/mol. The molecule has 4 rings (SSSR count). The molecule has 2 aliphatic carbocycles. The van der Waals surface area contributed by atoms with E-state index in [9.17, 15) is 4.79 Å². The van der Waals surface area contributed by atoms with Crippen molar-refractivity contribution in [3.05, 3.63) is 82.6 Å². The summed E-state index contributed by atoms with van der Waals surface area (Å²) in [5.41, 5.74) is 4.76. The molecular formula is C21H17NO2. The van der Waals surface area contributed by atoms with Crippen LogP contribution in [0, 0.1) is 6.92 Å². The van der Waals surface area contributed by atoms with Crippen LogP contribution < -0.4 is 10.4 Å². The van der Waals surface area contributed by atoms with Crippen molar-refractivity contribution >= 4 is 10.8 Å². The van der Waals surface area contributed by atoms with E-state index in [-0.39, 0.29) is 5.56 Å². The van der Waals surface area contributed by atoms with E-state index in [4.69, 9.17) is 4.84 Å². The van der Waals surface area contributed by atoms with Gasteiger partial charge >= 0.3 is 0 Å². The maximum Gasteiger partial charge on any atom is 0.292 e. The molecule has 3 nitrogen and oxygen atoms in total. The number of hydrogen-bond acceptors (Lipinski definition) is 2. The van der Waals surface area contributed by atoms with Gasteiger partial charge < -0.3 is 4.84 Å². The molecule has 2 aromatic rings. The van der Waals surface area contributed by atoms with Gasteiger partial charge in [0, 0.05) is 5.56 Å². The molecule has 0 N–H and O–H groups in total. The first kappa shape index (κ1) is 14.5. The van der Waals surface area contributed by atoms with Gasteiger partial charge in [-0.25, -0.2) is 0 Å². The average molecular weight is 315 g/mol. The largest absolute Gasteiger partial charge is 0.413 e. The zero-order valence-electron chi connectivity index (χ0n) is 13.6. The highest BCUT2D eigenvalue weighted by Crippen LogP contribution is 2.33. The highest BCUT2D eigenvalue weighted by molar-refractivity contribution is 6.02. The zero-order valence-corrected chi connectivity index (χ0v) is 13.6. The van der Waals surface area contributed by atoms with E-state index in [1.54, 1.807) is 0 Å². The van der Waals surface area contributed by atoms with Gasteiger partial charge in [0.05, 0.1) is 11.1 Å². The third-order valence-electron chi connectivity index (χ3n) is 4.38. The molecule has 0 amide bonds.